The van der Waals surface area contributed by atoms with Gasteiger partial charge in [0.05, 0.1) is 22.9 Å². The minimum absolute atomic E-state index is 0.106. The van der Waals surface area contributed by atoms with E-state index in [2.05, 4.69) is 15.3 Å². The predicted molar refractivity (Wildman–Crippen MR) is 106 cm³/mol. The van der Waals surface area contributed by atoms with Crippen LogP contribution >= 0.6 is 0 Å². The van der Waals surface area contributed by atoms with E-state index in [-0.39, 0.29) is 23.1 Å². The lowest BCUT2D eigenvalue weighted by Crippen LogP contribution is -2.30. The Kier molecular flexibility index (Phi) is 4.26. The number of hydrogen-bond acceptors (Lipinski definition) is 6. The van der Waals surface area contributed by atoms with Crippen LogP contribution in [0.5, 0.6) is 0 Å². The van der Waals surface area contributed by atoms with Gasteiger partial charge in [0.15, 0.2) is 0 Å². The molecule has 0 saturated heterocycles. The fourth-order valence-electron chi connectivity index (χ4n) is 3.17. The van der Waals surface area contributed by atoms with Crippen LogP contribution in [0.4, 0.5) is 11.6 Å². The highest BCUT2D eigenvalue weighted by Gasteiger charge is 2.18. The molecule has 3 aromatic heterocycles. The van der Waals surface area contributed by atoms with Crippen molar-refractivity contribution in [3.63, 3.8) is 0 Å². The molecule has 0 aliphatic heterocycles. The summed E-state index contributed by atoms with van der Waals surface area (Å²) in [6.07, 6.45) is 3.03. The lowest BCUT2D eigenvalue weighted by Gasteiger charge is -2.21. The summed E-state index contributed by atoms with van der Waals surface area (Å²) in [5, 5.41) is 12.6. The summed E-state index contributed by atoms with van der Waals surface area (Å²) >= 11 is 0. The maximum absolute atomic E-state index is 13.1. The van der Waals surface area contributed by atoms with Crippen LogP contribution in [0.15, 0.2) is 65.8 Å². The molecular weight excluding hydrogens is 354 g/mol. The molecule has 8 heteroatoms. The summed E-state index contributed by atoms with van der Waals surface area (Å²) < 4.78 is 3.23. The van der Waals surface area contributed by atoms with E-state index in [1.165, 1.54) is 6.33 Å². The van der Waals surface area contributed by atoms with Gasteiger partial charge >= 0.3 is 5.69 Å². The molecule has 0 aliphatic carbocycles. The summed E-state index contributed by atoms with van der Waals surface area (Å²) in [7, 11) is 0. The monoisotopic (exact) mass is 371 g/mol. The molecule has 3 heterocycles. The Morgan fingerprint density at radius 2 is 1.96 bits per heavy atom. The third-order valence-corrected chi connectivity index (χ3v) is 4.53. The van der Waals surface area contributed by atoms with Crippen molar-refractivity contribution in [3.05, 3.63) is 82.8 Å². The maximum Gasteiger partial charge on any atom is 0.337 e. The fraction of sp³-hybridized carbons (Fsp3) is 0.100. The van der Waals surface area contributed by atoms with Crippen LogP contribution in [-0.2, 0) is 0 Å². The Labute approximate surface area is 160 Å². The topological polar surface area (TPSA) is 114 Å². The Balaban J connectivity index is 1.88. The predicted octanol–water partition coefficient (Wildman–Crippen LogP) is 2.51. The number of hydrogen-bond donors (Lipinski definition) is 2. The smallest absolute Gasteiger partial charge is 0.337 e. The number of nitrogen functional groups attached to an aromatic ring is 1. The molecule has 3 N–H and O–H groups in total. The Morgan fingerprint density at radius 1 is 1.18 bits per heavy atom. The maximum atomic E-state index is 13.1. The second kappa shape index (κ2) is 6.89. The van der Waals surface area contributed by atoms with Crippen LogP contribution < -0.4 is 16.7 Å². The first-order valence-corrected chi connectivity index (χ1v) is 8.65. The first-order chi connectivity index (χ1) is 13.6. The molecule has 8 nitrogen and oxygen atoms in total. The molecule has 4 aromatic rings. The van der Waals surface area contributed by atoms with Crippen molar-refractivity contribution in [3.8, 4) is 11.8 Å². The lowest BCUT2D eigenvalue weighted by molar-refractivity contribution is 0.739. The van der Waals surface area contributed by atoms with E-state index in [1.807, 2.05) is 61.5 Å². The van der Waals surface area contributed by atoms with Gasteiger partial charge < -0.3 is 11.1 Å². The van der Waals surface area contributed by atoms with E-state index >= 15 is 0 Å². The molecule has 0 spiro atoms. The van der Waals surface area contributed by atoms with Gasteiger partial charge in [-0.3, -0.25) is 8.97 Å². The van der Waals surface area contributed by atoms with Gasteiger partial charge in [-0.05, 0) is 37.3 Å². The van der Waals surface area contributed by atoms with Crippen LogP contribution in [0, 0.1) is 11.3 Å². The number of benzene rings is 1. The van der Waals surface area contributed by atoms with Crippen LogP contribution in [0.1, 0.15) is 24.2 Å². The van der Waals surface area contributed by atoms with Crippen LogP contribution in [-0.4, -0.2) is 18.9 Å². The molecule has 28 heavy (non-hydrogen) atoms. The molecule has 1 aromatic carbocycles. The highest BCUT2D eigenvalue weighted by atomic mass is 16.1. The summed E-state index contributed by atoms with van der Waals surface area (Å²) in [6.45, 7) is 1.90. The number of nitriles is 1. The average Bonchev–Trinajstić information content (AvgIpc) is 3.18. The van der Waals surface area contributed by atoms with Crippen molar-refractivity contribution in [2.24, 2.45) is 0 Å². The SMILES string of the molecule is CC(Nc1ncnc(N)c1C#N)c1cc2cccn2c(=O)n1-c1ccccc1. The van der Waals surface area contributed by atoms with Crippen molar-refractivity contribution in [1.82, 2.24) is 18.9 Å². The second-order valence-electron chi connectivity index (χ2n) is 6.29. The minimum atomic E-state index is -0.339. The summed E-state index contributed by atoms with van der Waals surface area (Å²) in [4.78, 5) is 21.1. The molecule has 0 aliphatic rings. The third-order valence-electron chi connectivity index (χ3n) is 4.53. The number of aromatic nitrogens is 4. The van der Waals surface area contributed by atoms with E-state index in [0.717, 1.165) is 16.9 Å². The molecule has 1 unspecified atom stereocenters. The molecule has 0 amide bonds. The molecule has 0 bridgehead atoms. The lowest BCUT2D eigenvalue weighted by atomic mass is 10.1. The zero-order valence-electron chi connectivity index (χ0n) is 15.1. The molecule has 4 rings (SSSR count). The van der Waals surface area contributed by atoms with Gasteiger partial charge in [0.25, 0.3) is 0 Å². The standard InChI is InChI=1S/C20H17N7O/c1-13(25-19-16(11-21)18(22)23-12-24-19)17-10-15-8-5-9-26(15)20(28)27(17)14-6-3-2-4-7-14/h2-10,12-13H,1H3,(H3,22,23,24,25). The molecule has 0 fully saturated rings. The Bertz CT molecular complexity index is 1250. The van der Waals surface area contributed by atoms with E-state index in [1.54, 1.807) is 15.2 Å². The Hall–Kier alpha value is -4.12. The van der Waals surface area contributed by atoms with E-state index in [4.69, 9.17) is 5.73 Å². The number of anilines is 2. The fourth-order valence-corrected chi connectivity index (χ4v) is 3.17. The van der Waals surface area contributed by atoms with Gasteiger partial charge in [-0.1, -0.05) is 18.2 Å². The molecule has 0 radical (unpaired) electrons. The first-order valence-electron chi connectivity index (χ1n) is 8.65. The number of nitrogens with one attached hydrogen (secondary N) is 1. The summed E-state index contributed by atoms with van der Waals surface area (Å²) in [5.41, 5.74) is 8.02. The van der Waals surface area contributed by atoms with Gasteiger partial charge in [-0.2, -0.15) is 5.26 Å². The highest BCUT2D eigenvalue weighted by Crippen LogP contribution is 2.24. The number of para-hydroxylation sites is 1. The zero-order chi connectivity index (χ0) is 19.7. The van der Waals surface area contributed by atoms with Crippen LogP contribution in [0.2, 0.25) is 0 Å². The summed E-state index contributed by atoms with van der Waals surface area (Å²) in [6, 6.07) is 16.7. The zero-order valence-corrected chi connectivity index (χ0v) is 15.1. The Morgan fingerprint density at radius 3 is 2.71 bits per heavy atom. The number of nitrogens with zero attached hydrogens (tertiary/aromatic N) is 5. The molecule has 138 valence electrons. The second-order valence-corrected chi connectivity index (χ2v) is 6.29. The van der Waals surface area contributed by atoms with Gasteiger partial charge in [-0.15, -0.1) is 0 Å². The third kappa shape index (κ3) is 2.85. The number of nitrogens with two attached hydrogens (primary N) is 1. The largest absolute Gasteiger partial charge is 0.382 e. The van der Waals surface area contributed by atoms with Crippen molar-refractivity contribution in [2.75, 3.05) is 11.1 Å². The highest BCUT2D eigenvalue weighted by molar-refractivity contribution is 5.63. The number of fused-ring (bicyclic) bond motifs is 1. The first kappa shape index (κ1) is 17.3. The molecule has 1 atom stereocenters. The van der Waals surface area contributed by atoms with Crippen LogP contribution in [0.3, 0.4) is 0 Å². The van der Waals surface area contributed by atoms with Crippen molar-refractivity contribution >= 4 is 17.2 Å². The van der Waals surface area contributed by atoms with Crippen LogP contribution in [0.25, 0.3) is 11.2 Å². The van der Waals surface area contributed by atoms with E-state index in [9.17, 15) is 10.1 Å². The molecule has 0 saturated carbocycles. The van der Waals surface area contributed by atoms with Gasteiger partial charge in [0.1, 0.15) is 29.6 Å². The number of rotatable bonds is 4. The van der Waals surface area contributed by atoms with E-state index < -0.39 is 0 Å². The minimum Gasteiger partial charge on any atom is -0.382 e. The normalized spacial score (nSPS) is 11.9. The van der Waals surface area contributed by atoms with Crippen molar-refractivity contribution in [2.45, 2.75) is 13.0 Å². The van der Waals surface area contributed by atoms with Gasteiger partial charge in [0.2, 0.25) is 0 Å². The summed E-state index contributed by atoms with van der Waals surface area (Å²) in [5.74, 6) is 0.430. The van der Waals surface area contributed by atoms with Crippen molar-refractivity contribution in [1.29, 1.82) is 5.26 Å². The average molecular weight is 371 g/mol. The van der Waals surface area contributed by atoms with Gasteiger partial charge in [0, 0.05) is 6.20 Å². The quantitative estimate of drug-likeness (QED) is 0.570. The molecular formula is C20H17N7O. The van der Waals surface area contributed by atoms with E-state index in [0.29, 0.717) is 5.82 Å². The van der Waals surface area contributed by atoms with Crippen molar-refractivity contribution < 1.29 is 0 Å². The van der Waals surface area contributed by atoms with Gasteiger partial charge in [-0.25, -0.2) is 14.8 Å².